The van der Waals surface area contributed by atoms with Crippen LogP contribution in [0.3, 0.4) is 0 Å². The van der Waals surface area contributed by atoms with Crippen LogP contribution >= 0.6 is 0 Å². The molecule has 0 aromatic heterocycles. The van der Waals surface area contributed by atoms with E-state index in [4.69, 9.17) is 14.7 Å². The maximum atomic E-state index is 11.4. The van der Waals surface area contributed by atoms with E-state index in [1.807, 2.05) is 6.07 Å². The van der Waals surface area contributed by atoms with Crippen molar-refractivity contribution >= 4 is 12.0 Å². The van der Waals surface area contributed by atoms with E-state index < -0.39 is 5.97 Å². The summed E-state index contributed by atoms with van der Waals surface area (Å²) in [6.45, 7) is 4.87. The molecule has 0 atom stereocenters. The van der Waals surface area contributed by atoms with Crippen molar-refractivity contribution in [2.24, 2.45) is 5.92 Å². The predicted octanol–water partition coefficient (Wildman–Crippen LogP) is 3.20. The van der Waals surface area contributed by atoms with Gasteiger partial charge in [-0.25, -0.2) is 4.79 Å². The average Bonchev–Trinajstić information content (AvgIpc) is 2.52. The molecule has 1 aromatic rings. The van der Waals surface area contributed by atoms with E-state index in [-0.39, 0.29) is 5.57 Å². The summed E-state index contributed by atoms with van der Waals surface area (Å²) in [5.41, 5.74) is 0.591. The van der Waals surface area contributed by atoms with Gasteiger partial charge in [-0.15, -0.1) is 0 Å². The third-order valence-corrected chi connectivity index (χ3v) is 2.98. The standard InChI is InChI=1S/C17H21NO4/c1-12(2)7-8-22-15-6-5-13(10-16(15)20-3)9-14(11-18)17(19)21-4/h5-6,9-10,12H,7-8H2,1-4H3/b14-9+. The summed E-state index contributed by atoms with van der Waals surface area (Å²) in [5.74, 6) is 1.08. The van der Waals surface area contributed by atoms with E-state index in [0.29, 0.717) is 29.6 Å². The number of hydrogen-bond acceptors (Lipinski definition) is 5. The van der Waals surface area contributed by atoms with Gasteiger partial charge in [0.05, 0.1) is 20.8 Å². The smallest absolute Gasteiger partial charge is 0.348 e. The van der Waals surface area contributed by atoms with Gasteiger partial charge < -0.3 is 14.2 Å². The lowest BCUT2D eigenvalue weighted by atomic mass is 10.1. The number of carbonyl (C=O) groups excluding carboxylic acids is 1. The number of benzene rings is 1. The Balaban J connectivity index is 2.95. The van der Waals surface area contributed by atoms with Crippen LogP contribution in [0.2, 0.25) is 0 Å². The highest BCUT2D eigenvalue weighted by Crippen LogP contribution is 2.29. The fourth-order valence-corrected chi connectivity index (χ4v) is 1.71. The van der Waals surface area contributed by atoms with Gasteiger partial charge in [-0.1, -0.05) is 19.9 Å². The summed E-state index contributed by atoms with van der Waals surface area (Å²) in [6.07, 6.45) is 2.40. The summed E-state index contributed by atoms with van der Waals surface area (Å²) in [4.78, 5) is 11.4. The number of nitrogens with zero attached hydrogens (tertiary/aromatic N) is 1. The molecule has 0 spiro atoms. The van der Waals surface area contributed by atoms with Gasteiger partial charge in [0.15, 0.2) is 11.5 Å². The minimum absolute atomic E-state index is 0.0713. The van der Waals surface area contributed by atoms with Crippen LogP contribution in [0.5, 0.6) is 11.5 Å². The third-order valence-electron chi connectivity index (χ3n) is 2.98. The van der Waals surface area contributed by atoms with Crippen LogP contribution in [-0.4, -0.2) is 26.8 Å². The first-order valence-electron chi connectivity index (χ1n) is 7.02. The number of rotatable bonds is 7. The third kappa shape index (κ3) is 5.13. The highest BCUT2D eigenvalue weighted by molar-refractivity contribution is 5.97. The summed E-state index contributed by atoms with van der Waals surface area (Å²) in [7, 11) is 2.78. The second kappa shape index (κ2) is 8.73. The molecule has 0 N–H and O–H groups in total. The molecule has 0 radical (unpaired) electrons. The highest BCUT2D eigenvalue weighted by Gasteiger charge is 2.10. The van der Waals surface area contributed by atoms with Crippen molar-refractivity contribution in [1.29, 1.82) is 5.26 Å². The largest absolute Gasteiger partial charge is 0.493 e. The molecule has 0 fully saturated rings. The van der Waals surface area contributed by atoms with Crippen LogP contribution in [0.4, 0.5) is 0 Å². The Morgan fingerprint density at radius 3 is 2.59 bits per heavy atom. The zero-order valence-electron chi connectivity index (χ0n) is 13.4. The first-order chi connectivity index (χ1) is 10.5. The second-order valence-corrected chi connectivity index (χ2v) is 5.10. The number of hydrogen-bond donors (Lipinski definition) is 0. The Hall–Kier alpha value is -2.48. The summed E-state index contributed by atoms with van der Waals surface area (Å²) in [6, 6.07) is 7.05. The summed E-state index contributed by atoms with van der Waals surface area (Å²) in [5, 5.41) is 8.96. The van der Waals surface area contributed by atoms with Gasteiger partial charge in [-0.3, -0.25) is 0 Å². The summed E-state index contributed by atoms with van der Waals surface area (Å²) >= 11 is 0. The lowest BCUT2D eigenvalue weighted by Crippen LogP contribution is -2.03. The molecular weight excluding hydrogens is 282 g/mol. The van der Waals surface area contributed by atoms with Gasteiger partial charge in [0.2, 0.25) is 0 Å². The van der Waals surface area contributed by atoms with E-state index in [1.54, 1.807) is 25.3 Å². The van der Waals surface area contributed by atoms with Crippen molar-refractivity contribution in [1.82, 2.24) is 0 Å². The number of carbonyl (C=O) groups is 1. The van der Waals surface area contributed by atoms with Crippen molar-refractivity contribution in [2.45, 2.75) is 20.3 Å². The molecule has 22 heavy (non-hydrogen) atoms. The van der Waals surface area contributed by atoms with Crippen LogP contribution in [0, 0.1) is 17.2 Å². The molecule has 118 valence electrons. The number of esters is 1. The first-order valence-corrected chi connectivity index (χ1v) is 7.02. The first kappa shape index (κ1) is 17.6. The maximum Gasteiger partial charge on any atom is 0.348 e. The fraction of sp³-hybridized carbons (Fsp3) is 0.412. The monoisotopic (exact) mass is 303 g/mol. The Kier molecular flexibility index (Phi) is 6.97. The molecule has 0 unspecified atom stereocenters. The van der Waals surface area contributed by atoms with Gasteiger partial charge in [0.1, 0.15) is 11.6 Å². The van der Waals surface area contributed by atoms with Crippen molar-refractivity contribution < 1.29 is 19.0 Å². The van der Waals surface area contributed by atoms with Crippen molar-refractivity contribution in [3.8, 4) is 17.6 Å². The number of nitriles is 1. The Labute approximate surface area is 131 Å². The van der Waals surface area contributed by atoms with Gasteiger partial charge in [-0.05, 0) is 36.1 Å². The van der Waals surface area contributed by atoms with E-state index in [9.17, 15) is 4.79 Å². The topological polar surface area (TPSA) is 68.6 Å². The van der Waals surface area contributed by atoms with Gasteiger partial charge in [-0.2, -0.15) is 5.26 Å². The molecule has 0 bridgehead atoms. The lowest BCUT2D eigenvalue weighted by Gasteiger charge is -2.12. The second-order valence-electron chi connectivity index (χ2n) is 5.10. The Morgan fingerprint density at radius 1 is 1.32 bits per heavy atom. The van der Waals surface area contributed by atoms with Gasteiger partial charge in [0.25, 0.3) is 0 Å². The van der Waals surface area contributed by atoms with Crippen LogP contribution in [0.15, 0.2) is 23.8 Å². The SMILES string of the molecule is COC(=O)/C(C#N)=C/c1ccc(OCCC(C)C)c(OC)c1. The molecule has 0 aliphatic carbocycles. The van der Waals surface area contributed by atoms with Crippen LogP contribution in [-0.2, 0) is 9.53 Å². The van der Waals surface area contributed by atoms with E-state index in [0.717, 1.165) is 6.42 Å². The Morgan fingerprint density at radius 2 is 2.05 bits per heavy atom. The Bertz CT molecular complexity index is 585. The number of methoxy groups -OCH3 is 2. The molecule has 5 heteroatoms. The zero-order chi connectivity index (χ0) is 16.5. The van der Waals surface area contributed by atoms with Crippen molar-refractivity contribution in [2.75, 3.05) is 20.8 Å². The highest BCUT2D eigenvalue weighted by atomic mass is 16.5. The normalized spacial score (nSPS) is 11.0. The lowest BCUT2D eigenvalue weighted by molar-refractivity contribution is -0.135. The molecule has 0 saturated carbocycles. The van der Waals surface area contributed by atoms with Gasteiger partial charge >= 0.3 is 5.97 Å². The van der Waals surface area contributed by atoms with E-state index in [2.05, 4.69) is 18.6 Å². The fourth-order valence-electron chi connectivity index (χ4n) is 1.71. The maximum absolute atomic E-state index is 11.4. The molecule has 1 aromatic carbocycles. The molecule has 0 aliphatic heterocycles. The summed E-state index contributed by atoms with van der Waals surface area (Å²) < 4.78 is 15.5. The quantitative estimate of drug-likeness (QED) is 0.439. The minimum atomic E-state index is -0.668. The minimum Gasteiger partial charge on any atom is -0.493 e. The molecule has 0 aliphatic rings. The van der Waals surface area contributed by atoms with Crippen molar-refractivity contribution in [3.63, 3.8) is 0 Å². The van der Waals surface area contributed by atoms with Crippen molar-refractivity contribution in [3.05, 3.63) is 29.3 Å². The number of ether oxygens (including phenoxy) is 3. The molecule has 0 saturated heterocycles. The molecular formula is C17H21NO4. The van der Waals surface area contributed by atoms with E-state index in [1.165, 1.54) is 13.2 Å². The van der Waals surface area contributed by atoms with Gasteiger partial charge in [0, 0.05) is 0 Å². The molecule has 0 heterocycles. The van der Waals surface area contributed by atoms with Crippen LogP contribution in [0.25, 0.3) is 6.08 Å². The average molecular weight is 303 g/mol. The molecule has 0 amide bonds. The zero-order valence-corrected chi connectivity index (χ0v) is 13.4. The van der Waals surface area contributed by atoms with Crippen LogP contribution < -0.4 is 9.47 Å². The van der Waals surface area contributed by atoms with Crippen LogP contribution in [0.1, 0.15) is 25.8 Å². The predicted molar refractivity (Wildman–Crippen MR) is 83.6 cm³/mol. The molecule has 5 nitrogen and oxygen atoms in total. The molecule has 1 rings (SSSR count). The van der Waals surface area contributed by atoms with E-state index >= 15 is 0 Å².